The van der Waals surface area contributed by atoms with Gasteiger partial charge >= 0.3 is 0 Å². The number of piperazine rings is 1. The fraction of sp³-hybridized carbons (Fsp3) is 0.217. The minimum Gasteiger partial charge on any atom is -0.368 e. The number of ketones is 1. The van der Waals surface area contributed by atoms with Gasteiger partial charge in [-0.3, -0.25) is 10.2 Å². The van der Waals surface area contributed by atoms with Crippen molar-refractivity contribution in [1.82, 2.24) is 4.90 Å². The van der Waals surface area contributed by atoms with Crippen LogP contribution in [0.25, 0.3) is 10.8 Å². The highest BCUT2D eigenvalue weighted by Gasteiger charge is 2.22. The maximum Gasteiger partial charge on any atom is 0.196 e. The number of nitrogens with zero attached hydrogens (tertiary/aromatic N) is 3. The zero-order valence-electron chi connectivity index (χ0n) is 16.3. The molecule has 0 saturated carbocycles. The van der Waals surface area contributed by atoms with Crippen LogP contribution in [0.15, 0.2) is 71.8 Å². The zero-order valence-corrected chi connectivity index (χ0v) is 16.3. The van der Waals surface area contributed by atoms with E-state index in [4.69, 9.17) is 0 Å². The molecule has 3 aromatic carbocycles. The first-order valence-electron chi connectivity index (χ1n) is 9.70. The first-order chi connectivity index (χ1) is 14.1. The van der Waals surface area contributed by atoms with Crippen molar-refractivity contribution in [3.8, 4) is 0 Å². The molecule has 0 aliphatic carbocycles. The molecular formula is C23H23FN4O. The SMILES string of the molecule is CC(=O)/C(=N\Nc1cccc2ccccc12)N1CCN(c2ccc(F)cc2)CC1. The van der Waals surface area contributed by atoms with Crippen molar-refractivity contribution in [2.45, 2.75) is 6.92 Å². The number of hydrogen-bond donors (Lipinski definition) is 1. The Bertz CT molecular complexity index is 1030. The number of rotatable bonds is 4. The Morgan fingerprint density at radius 3 is 2.34 bits per heavy atom. The van der Waals surface area contributed by atoms with Gasteiger partial charge in [0, 0.05) is 44.2 Å². The lowest BCUT2D eigenvalue weighted by Crippen LogP contribution is -2.50. The van der Waals surface area contributed by atoms with E-state index in [1.807, 2.05) is 47.4 Å². The number of nitrogens with one attached hydrogen (secondary N) is 1. The maximum atomic E-state index is 13.1. The third-order valence-electron chi connectivity index (χ3n) is 5.16. The molecular weight excluding hydrogens is 367 g/mol. The van der Waals surface area contributed by atoms with Crippen LogP contribution in [-0.2, 0) is 4.79 Å². The van der Waals surface area contributed by atoms with Crippen LogP contribution in [0.1, 0.15) is 6.92 Å². The second kappa shape index (κ2) is 8.31. The lowest BCUT2D eigenvalue weighted by molar-refractivity contribution is -0.111. The predicted molar refractivity (Wildman–Crippen MR) is 116 cm³/mol. The van der Waals surface area contributed by atoms with Crippen LogP contribution >= 0.6 is 0 Å². The summed E-state index contributed by atoms with van der Waals surface area (Å²) >= 11 is 0. The fourth-order valence-corrected chi connectivity index (χ4v) is 3.64. The summed E-state index contributed by atoms with van der Waals surface area (Å²) in [6.07, 6.45) is 0. The highest BCUT2D eigenvalue weighted by Crippen LogP contribution is 2.23. The number of halogens is 1. The van der Waals surface area contributed by atoms with E-state index in [0.717, 1.165) is 35.2 Å². The van der Waals surface area contributed by atoms with E-state index in [2.05, 4.69) is 15.4 Å². The minimum atomic E-state index is -0.238. The van der Waals surface area contributed by atoms with Crippen molar-refractivity contribution in [3.63, 3.8) is 0 Å². The Balaban J connectivity index is 1.48. The summed E-state index contributed by atoms with van der Waals surface area (Å²) in [6, 6.07) is 20.5. The third-order valence-corrected chi connectivity index (χ3v) is 5.16. The number of carbonyl (C=O) groups excluding carboxylic acids is 1. The molecule has 0 spiro atoms. The highest BCUT2D eigenvalue weighted by molar-refractivity contribution is 6.38. The van der Waals surface area contributed by atoms with Crippen molar-refractivity contribution in [2.75, 3.05) is 36.5 Å². The number of hydrogen-bond acceptors (Lipinski definition) is 4. The van der Waals surface area contributed by atoms with Gasteiger partial charge in [-0.05, 0) is 35.7 Å². The lowest BCUT2D eigenvalue weighted by atomic mass is 10.1. The first kappa shape index (κ1) is 18.9. The molecule has 5 nitrogen and oxygen atoms in total. The Morgan fingerprint density at radius 2 is 1.62 bits per heavy atom. The molecule has 6 heteroatoms. The van der Waals surface area contributed by atoms with E-state index in [9.17, 15) is 9.18 Å². The summed E-state index contributed by atoms with van der Waals surface area (Å²) in [5.74, 6) is 0.113. The Morgan fingerprint density at radius 1 is 0.931 bits per heavy atom. The molecule has 1 N–H and O–H groups in total. The van der Waals surface area contributed by atoms with Crippen LogP contribution in [0.3, 0.4) is 0 Å². The maximum absolute atomic E-state index is 13.1. The standard InChI is InChI=1S/C23H23FN4O/c1-17(29)23(26-25-22-8-4-6-18-5-2-3-7-21(18)22)28-15-13-27(14-16-28)20-11-9-19(24)10-12-20/h2-12,25H,13-16H2,1H3/b26-23+. The summed E-state index contributed by atoms with van der Waals surface area (Å²) in [5, 5.41) is 6.63. The van der Waals surface area contributed by atoms with Gasteiger partial charge in [0.1, 0.15) is 5.82 Å². The molecule has 1 aliphatic heterocycles. The molecule has 148 valence electrons. The van der Waals surface area contributed by atoms with E-state index in [0.29, 0.717) is 18.9 Å². The van der Waals surface area contributed by atoms with Crippen LogP contribution in [0.5, 0.6) is 0 Å². The molecule has 0 amide bonds. The van der Waals surface area contributed by atoms with Gasteiger partial charge in [-0.15, -0.1) is 0 Å². The number of anilines is 2. The van der Waals surface area contributed by atoms with Gasteiger partial charge in [-0.2, -0.15) is 5.10 Å². The Kier molecular flexibility index (Phi) is 5.42. The summed E-state index contributed by atoms with van der Waals surface area (Å²) in [4.78, 5) is 16.4. The molecule has 3 aromatic rings. The smallest absolute Gasteiger partial charge is 0.196 e. The summed E-state index contributed by atoms with van der Waals surface area (Å²) in [7, 11) is 0. The fourth-order valence-electron chi connectivity index (χ4n) is 3.64. The number of hydrazone groups is 1. The van der Waals surface area contributed by atoms with E-state index in [-0.39, 0.29) is 11.6 Å². The van der Waals surface area contributed by atoms with Gasteiger partial charge < -0.3 is 9.80 Å². The van der Waals surface area contributed by atoms with E-state index >= 15 is 0 Å². The molecule has 1 fully saturated rings. The molecule has 29 heavy (non-hydrogen) atoms. The van der Waals surface area contributed by atoms with Gasteiger partial charge in [0.05, 0.1) is 5.69 Å². The second-order valence-corrected chi connectivity index (χ2v) is 7.08. The Labute approximate surface area is 169 Å². The number of fused-ring (bicyclic) bond motifs is 1. The van der Waals surface area contributed by atoms with Crippen LogP contribution < -0.4 is 10.3 Å². The van der Waals surface area contributed by atoms with E-state index in [1.54, 1.807) is 12.1 Å². The molecule has 4 rings (SSSR count). The van der Waals surface area contributed by atoms with Gasteiger partial charge in [0.2, 0.25) is 0 Å². The van der Waals surface area contributed by atoms with E-state index in [1.165, 1.54) is 19.1 Å². The van der Waals surface area contributed by atoms with E-state index < -0.39 is 0 Å². The summed E-state index contributed by atoms with van der Waals surface area (Å²) in [6.45, 7) is 4.37. The van der Waals surface area contributed by atoms with Gasteiger partial charge in [0.15, 0.2) is 11.6 Å². The molecule has 1 heterocycles. The van der Waals surface area contributed by atoms with Crippen LogP contribution in [0.2, 0.25) is 0 Å². The van der Waals surface area contributed by atoms with Crippen LogP contribution in [-0.4, -0.2) is 42.7 Å². The zero-order chi connectivity index (χ0) is 20.2. The van der Waals surface area contributed by atoms with Crippen LogP contribution in [0, 0.1) is 5.82 Å². The largest absolute Gasteiger partial charge is 0.368 e. The van der Waals surface area contributed by atoms with Crippen molar-refractivity contribution in [2.24, 2.45) is 5.10 Å². The molecule has 0 unspecified atom stereocenters. The molecule has 1 aliphatic rings. The monoisotopic (exact) mass is 390 g/mol. The van der Waals surface area contributed by atoms with Crippen molar-refractivity contribution in [3.05, 3.63) is 72.5 Å². The number of Topliss-reactive ketones (excluding diaryl/α,β-unsaturated/α-hetero) is 1. The Hall–Kier alpha value is -3.41. The third kappa shape index (κ3) is 4.21. The molecule has 0 bridgehead atoms. The van der Waals surface area contributed by atoms with Crippen molar-refractivity contribution in [1.29, 1.82) is 0 Å². The van der Waals surface area contributed by atoms with Crippen molar-refractivity contribution < 1.29 is 9.18 Å². The molecule has 0 atom stereocenters. The predicted octanol–water partition coefficient (Wildman–Crippen LogP) is 4.12. The van der Waals surface area contributed by atoms with Crippen molar-refractivity contribution >= 4 is 33.8 Å². The van der Waals surface area contributed by atoms with Gasteiger partial charge in [-0.1, -0.05) is 36.4 Å². The summed E-state index contributed by atoms with van der Waals surface area (Å²) in [5.41, 5.74) is 4.94. The highest BCUT2D eigenvalue weighted by atomic mass is 19.1. The topological polar surface area (TPSA) is 47.9 Å². The van der Waals surface area contributed by atoms with Gasteiger partial charge in [-0.25, -0.2) is 4.39 Å². The normalized spacial score (nSPS) is 14.9. The minimum absolute atomic E-state index is 0.0760. The average Bonchev–Trinajstić information content (AvgIpc) is 2.75. The van der Waals surface area contributed by atoms with Gasteiger partial charge in [0.25, 0.3) is 0 Å². The number of benzene rings is 3. The summed E-state index contributed by atoms with van der Waals surface area (Å²) < 4.78 is 13.1. The quantitative estimate of drug-likeness (QED) is 0.414. The molecule has 0 aromatic heterocycles. The second-order valence-electron chi connectivity index (χ2n) is 7.08. The first-order valence-corrected chi connectivity index (χ1v) is 9.70. The average molecular weight is 390 g/mol. The van der Waals surface area contributed by atoms with Crippen LogP contribution in [0.4, 0.5) is 15.8 Å². The number of amidine groups is 1. The lowest BCUT2D eigenvalue weighted by Gasteiger charge is -2.37. The molecule has 0 radical (unpaired) electrons. The molecule has 1 saturated heterocycles. The number of carbonyl (C=O) groups is 1.